The Bertz CT molecular complexity index is 267. The Hall–Kier alpha value is -1.38. The number of rotatable bonds is 0. The third-order valence-electron chi connectivity index (χ3n) is 1.86. The molecule has 3 nitrogen and oxygen atoms in total. The van der Waals surface area contributed by atoms with Crippen molar-refractivity contribution in [3.8, 4) is 0 Å². The zero-order chi connectivity index (χ0) is 11.7. The molecule has 0 radical (unpaired) electrons. The fraction of sp³-hybridized carbons (Fsp3) is 0.500. The lowest BCUT2D eigenvalue weighted by atomic mass is 9.94. The van der Waals surface area contributed by atoms with Crippen molar-refractivity contribution in [3.63, 3.8) is 0 Å². The zero-order valence-electron chi connectivity index (χ0n) is 9.90. The minimum atomic E-state index is -0.0926. The maximum atomic E-state index is 11.1. The Labute approximate surface area is 92.0 Å². The Morgan fingerprint density at radius 2 is 1.73 bits per heavy atom. The highest BCUT2D eigenvalue weighted by molar-refractivity contribution is 5.93. The van der Waals surface area contributed by atoms with Gasteiger partial charge in [-0.25, -0.2) is 0 Å². The molecule has 1 amide bonds. The molecule has 1 heterocycles. The van der Waals surface area contributed by atoms with Gasteiger partial charge in [0.25, 0.3) is 0 Å². The van der Waals surface area contributed by atoms with E-state index in [1.165, 1.54) is 6.34 Å². The lowest BCUT2D eigenvalue weighted by Crippen LogP contribution is -2.39. The zero-order valence-corrected chi connectivity index (χ0v) is 9.90. The number of amides is 1. The van der Waals surface area contributed by atoms with Crippen LogP contribution in [0.1, 0.15) is 27.7 Å². The van der Waals surface area contributed by atoms with Crippen LogP contribution in [0.3, 0.4) is 0 Å². The number of nitrogens with zero attached hydrogens (tertiary/aromatic N) is 1. The molecule has 15 heavy (non-hydrogen) atoms. The van der Waals surface area contributed by atoms with Gasteiger partial charge in [-0.2, -0.15) is 0 Å². The van der Waals surface area contributed by atoms with E-state index in [2.05, 4.69) is 10.3 Å². The van der Waals surface area contributed by atoms with Crippen molar-refractivity contribution in [2.75, 3.05) is 0 Å². The fourth-order valence-corrected chi connectivity index (χ4v) is 1.26. The van der Waals surface area contributed by atoms with Crippen LogP contribution in [-0.2, 0) is 4.79 Å². The van der Waals surface area contributed by atoms with E-state index in [0.29, 0.717) is 0 Å². The van der Waals surface area contributed by atoms with E-state index in [1.807, 2.05) is 52.0 Å². The summed E-state index contributed by atoms with van der Waals surface area (Å²) in [7, 11) is 0. The van der Waals surface area contributed by atoms with E-state index in [9.17, 15) is 4.79 Å². The molecule has 0 aromatic carbocycles. The first-order valence-corrected chi connectivity index (χ1v) is 5.55. The van der Waals surface area contributed by atoms with Gasteiger partial charge in [0.2, 0.25) is 5.91 Å². The molecule has 0 aromatic rings. The number of hydrogen-bond donors (Lipinski definition) is 1. The van der Waals surface area contributed by atoms with E-state index >= 15 is 0 Å². The van der Waals surface area contributed by atoms with Crippen molar-refractivity contribution in [1.29, 1.82) is 0 Å². The van der Waals surface area contributed by atoms with Crippen molar-refractivity contribution < 1.29 is 4.79 Å². The predicted octanol–water partition coefficient (Wildman–Crippen LogP) is 2.31. The van der Waals surface area contributed by atoms with Crippen LogP contribution in [0, 0.1) is 5.92 Å². The summed E-state index contributed by atoms with van der Waals surface area (Å²) >= 11 is 0. The maximum Gasteiger partial charge on any atom is 0.234 e. The van der Waals surface area contributed by atoms with E-state index in [0.717, 1.165) is 0 Å². The third kappa shape index (κ3) is 3.70. The minimum absolute atomic E-state index is 0.0220. The first-order valence-electron chi connectivity index (χ1n) is 5.55. The normalized spacial score (nSPS) is 25.2. The highest BCUT2D eigenvalue weighted by Gasteiger charge is 2.26. The topological polar surface area (TPSA) is 41.5 Å². The minimum Gasteiger partial charge on any atom is -0.317 e. The first-order chi connectivity index (χ1) is 7.38. The molecule has 0 fully saturated rings. The summed E-state index contributed by atoms with van der Waals surface area (Å²) in [5.74, 6) is -0.0596. The van der Waals surface area contributed by atoms with Gasteiger partial charge in [-0.15, -0.1) is 0 Å². The smallest absolute Gasteiger partial charge is 0.234 e. The number of nitrogens with one attached hydrogen (secondary N) is 1. The van der Waals surface area contributed by atoms with Crippen molar-refractivity contribution in [2.45, 2.75) is 33.7 Å². The molecule has 1 N–H and O–H groups in total. The molecule has 84 valence electrons. The number of allylic oxidation sites excluding steroid dienone is 2. The molecule has 0 saturated heterocycles. The van der Waals surface area contributed by atoms with Gasteiger partial charge in [0, 0.05) is 0 Å². The van der Waals surface area contributed by atoms with E-state index < -0.39 is 0 Å². The van der Waals surface area contributed by atoms with Gasteiger partial charge in [-0.3, -0.25) is 9.79 Å². The van der Waals surface area contributed by atoms with Crippen molar-refractivity contribution in [1.82, 2.24) is 5.32 Å². The van der Waals surface area contributed by atoms with Crippen LogP contribution in [0.25, 0.3) is 0 Å². The second-order valence-corrected chi connectivity index (χ2v) is 2.57. The molecule has 0 spiro atoms. The number of carbonyl (C=O) groups is 1. The Kier molecular flexibility index (Phi) is 7.24. The monoisotopic (exact) mass is 208 g/mol. The average Bonchev–Trinajstić information content (AvgIpc) is 2.35. The average molecular weight is 208 g/mol. The third-order valence-corrected chi connectivity index (χ3v) is 1.86. The largest absolute Gasteiger partial charge is 0.317 e. The molecule has 3 heteroatoms. The van der Waals surface area contributed by atoms with Gasteiger partial charge in [0.05, 0.1) is 18.3 Å². The summed E-state index contributed by atoms with van der Waals surface area (Å²) in [4.78, 5) is 15.2. The van der Waals surface area contributed by atoms with Crippen LogP contribution in [0.4, 0.5) is 0 Å². The van der Waals surface area contributed by atoms with Gasteiger partial charge in [-0.1, -0.05) is 52.0 Å². The number of carbonyl (C=O) groups excluding carboxylic acids is 1. The number of hydrogen-bond acceptors (Lipinski definition) is 2. The molecule has 2 atom stereocenters. The van der Waals surface area contributed by atoms with Crippen molar-refractivity contribution >= 4 is 12.2 Å². The molecular formula is C12H20N2O. The number of fused-ring (bicyclic) bond motifs is 1. The summed E-state index contributed by atoms with van der Waals surface area (Å²) in [6.45, 7) is 8.00. The standard InChI is InChI=1S/C8H8N2O.2C2H6/c11-8-6-3-1-2-4-7(6)9-5-10-8;2*1-2/h1-7H,(H,9,10,11);2*1-2H3. The molecule has 2 aliphatic rings. The molecule has 0 saturated carbocycles. The van der Waals surface area contributed by atoms with Gasteiger partial charge in [0.1, 0.15) is 0 Å². The Morgan fingerprint density at radius 3 is 2.33 bits per heavy atom. The summed E-state index contributed by atoms with van der Waals surface area (Å²) in [5, 5.41) is 2.57. The van der Waals surface area contributed by atoms with Crippen LogP contribution in [0.15, 0.2) is 29.3 Å². The van der Waals surface area contributed by atoms with Crippen LogP contribution >= 0.6 is 0 Å². The van der Waals surface area contributed by atoms with E-state index in [4.69, 9.17) is 0 Å². The summed E-state index contributed by atoms with van der Waals surface area (Å²) in [5.41, 5.74) is 0. The predicted molar refractivity (Wildman–Crippen MR) is 64.9 cm³/mol. The first kappa shape index (κ1) is 13.6. The molecule has 0 aromatic heterocycles. The quantitative estimate of drug-likeness (QED) is 0.652. The maximum absolute atomic E-state index is 11.1. The number of aliphatic imine (C=N–C) groups is 1. The fourth-order valence-electron chi connectivity index (χ4n) is 1.26. The highest BCUT2D eigenvalue weighted by Crippen LogP contribution is 2.17. The van der Waals surface area contributed by atoms with Gasteiger partial charge in [0.15, 0.2) is 0 Å². The Balaban J connectivity index is 0.000000442. The molecular weight excluding hydrogens is 188 g/mol. The SMILES string of the molecule is CC.CC.O=C1NC=NC2C=CC=CC12. The van der Waals surface area contributed by atoms with Crippen LogP contribution in [0.5, 0.6) is 0 Å². The van der Waals surface area contributed by atoms with Crippen LogP contribution in [0.2, 0.25) is 0 Å². The lowest BCUT2D eigenvalue weighted by molar-refractivity contribution is -0.122. The molecule has 1 aliphatic heterocycles. The van der Waals surface area contributed by atoms with Crippen LogP contribution < -0.4 is 5.32 Å². The van der Waals surface area contributed by atoms with Gasteiger partial charge < -0.3 is 5.32 Å². The molecule has 2 unspecified atom stereocenters. The summed E-state index contributed by atoms with van der Waals surface area (Å²) < 4.78 is 0. The lowest BCUT2D eigenvalue weighted by Gasteiger charge is -2.22. The van der Waals surface area contributed by atoms with Crippen molar-refractivity contribution in [2.24, 2.45) is 10.9 Å². The van der Waals surface area contributed by atoms with Gasteiger partial charge >= 0.3 is 0 Å². The molecule has 2 rings (SSSR count). The highest BCUT2D eigenvalue weighted by atomic mass is 16.2. The van der Waals surface area contributed by atoms with Crippen LogP contribution in [-0.4, -0.2) is 18.3 Å². The van der Waals surface area contributed by atoms with E-state index in [-0.39, 0.29) is 17.9 Å². The van der Waals surface area contributed by atoms with E-state index in [1.54, 1.807) is 0 Å². The van der Waals surface area contributed by atoms with Crippen molar-refractivity contribution in [3.05, 3.63) is 24.3 Å². The summed E-state index contributed by atoms with van der Waals surface area (Å²) in [6.07, 6.45) is 9.06. The second kappa shape index (κ2) is 7.97. The second-order valence-electron chi connectivity index (χ2n) is 2.57. The van der Waals surface area contributed by atoms with Gasteiger partial charge in [-0.05, 0) is 0 Å². The Morgan fingerprint density at radius 1 is 1.13 bits per heavy atom. The molecule has 0 bridgehead atoms. The summed E-state index contributed by atoms with van der Waals surface area (Å²) in [6, 6.07) is 0.0220. The molecule has 1 aliphatic carbocycles.